The Bertz CT molecular complexity index is 507. The van der Waals surface area contributed by atoms with Gasteiger partial charge in [0, 0.05) is 21.6 Å². The fourth-order valence-corrected chi connectivity index (χ4v) is 3.66. The number of carbonyl (C=O) groups excluding carboxylic acids is 1. The third kappa shape index (κ3) is 3.74. The Morgan fingerprint density at radius 2 is 2.20 bits per heavy atom. The van der Waals surface area contributed by atoms with Crippen LogP contribution < -0.4 is 5.32 Å². The number of rotatable bonds is 3. The van der Waals surface area contributed by atoms with E-state index in [2.05, 4.69) is 44.1 Å². The van der Waals surface area contributed by atoms with E-state index in [9.17, 15) is 4.79 Å². The summed E-state index contributed by atoms with van der Waals surface area (Å²) in [6, 6.07) is 3.97. The number of hydrogen-bond acceptors (Lipinski definition) is 4. The van der Waals surface area contributed by atoms with Gasteiger partial charge in [0.25, 0.3) is 0 Å². The largest absolute Gasteiger partial charge is 0.465 e. The van der Waals surface area contributed by atoms with Crippen LogP contribution in [0.2, 0.25) is 0 Å². The SMILES string of the molecule is COC(=O)c1cc(Br)cc(Br)c1NC1CCOC(C)C1. The highest BCUT2D eigenvalue weighted by Gasteiger charge is 2.23. The number of hydrogen-bond donors (Lipinski definition) is 1. The van der Waals surface area contributed by atoms with Gasteiger partial charge in [-0.2, -0.15) is 0 Å². The van der Waals surface area contributed by atoms with Crippen LogP contribution in [0, 0.1) is 0 Å². The summed E-state index contributed by atoms with van der Waals surface area (Å²) in [6.45, 7) is 2.80. The van der Waals surface area contributed by atoms with E-state index >= 15 is 0 Å². The molecule has 1 heterocycles. The Kier molecular flexibility index (Phi) is 5.46. The maximum atomic E-state index is 11.9. The molecule has 1 aliphatic heterocycles. The average Bonchev–Trinajstić information content (AvgIpc) is 2.40. The number of anilines is 1. The lowest BCUT2D eigenvalue weighted by Gasteiger charge is -2.29. The zero-order chi connectivity index (χ0) is 14.7. The van der Waals surface area contributed by atoms with Gasteiger partial charge in [-0.15, -0.1) is 0 Å². The first-order valence-corrected chi connectivity index (χ1v) is 8.05. The summed E-state index contributed by atoms with van der Waals surface area (Å²) in [5, 5.41) is 3.44. The number of ether oxygens (including phenoxy) is 2. The summed E-state index contributed by atoms with van der Waals surface area (Å²) in [6.07, 6.45) is 2.08. The molecular formula is C14H17Br2NO3. The highest BCUT2D eigenvalue weighted by atomic mass is 79.9. The van der Waals surface area contributed by atoms with E-state index in [1.54, 1.807) is 6.07 Å². The standard InChI is InChI=1S/C14H17Br2NO3/c1-8-5-10(3-4-20-8)17-13-11(14(18)19-2)6-9(15)7-12(13)16/h6-8,10,17H,3-5H2,1-2H3. The van der Waals surface area contributed by atoms with E-state index in [0.29, 0.717) is 11.6 Å². The van der Waals surface area contributed by atoms with Crippen molar-refractivity contribution in [3.05, 3.63) is 26.6 Å². The predicted molar refractivity (Wildman–Crippen MR) is 85.2 cm³/mol. The smallest absolute Gasteiger partial charge is 0.340 e. The van der Waals surface area contributed by atoms with Crippen molar-refractivity contribution in [3.63, 3.8) is 0 Å². The molecule has 20 heavy (non-hydrogen) atoms. The molecule has 110 valence electrons. The van der Waals surface area contributed by atoms with Gasteiger partial charge in [0.2, 0.25) is 0 Å². The molecule has 0 saturated carbocycles. The third-order valence-corrected chi connectivity index (χ3v) is 4.38. The van der Waals surface area contributed by atoms with Crippen molar-refractivity contribution in [1.82, 2.24) is 0 Å². The van der Waals surface area contributed by atoms with Crippen LogP contribution in [0.25, 0.3) is 0 Å². The number of methoxy groups -OCH3 is 1. The Balaban J connectivity index is 2.27. The van der Waals surface area contributed by atoms with Gasteiger partial charge < -0.3 is 14.8 Å². The lowest BCUT2D eigenvalue weighted by molar-refractivity contribution is 0.0232. The normalized spacial score (nSPS) is 22.4. The zero-order valence-corrected chi connectivity index (χ0v) is 14.6. The van der Waals surface area contributed by atoms with Gasteiger partial charge in [0.05, 0.1) is 24.5 Å². The van der Waals surface area contributed by atoms with E-state index in [4.69, 9.17) is 9.47 Å². The van der Waals surface area contributed by atoms with Crippen molar-refractivity contribution in [3.8, 4) is 0 Å². The van der Waals surface area contributed by atoms with Gasteiger partial charge in [-0.25, -0.2) is 4.79 Å². The summed E-state index contributed by atoms with van der Waals surface area (Å²) < 4.78 is 12.1. The summed E-state index contributed by atoms with van der Waals surface area (Å²) in [4.78, 5) is 11.9. The summed E-state index contributed by atoms with van der Waals surface area (Å²) in [5.41, 5.74) is 1.30. The molecule has 1 aromatic rings. The van der Waals surface area contributed by atoms with Crippen LogP contribution in [0.3, 0.4) is 0 Å². The van der Waals surface area contributed by atoms with Crippen molar-refractivity contribution in [2.45, 2.75) is 31.9 Å². The molecular weight excluding hydrogens is 390 g/mol. The van der Waals surface area contributed by atoms with Gasteiger partial charge in [-0.1, -0.05) is 15.9 Å². The van der Waals surface area contributed by atoms with E-state index < -0.39 is 0 Å². The fraction of sp³-hybridized carbons (Fsp3) is 0.500. The van der Waals surface area contributed by atoms with Gasteiger partial charge in [-0.05, 0) is 47.8 Å². The van der Waals surface area contributed by atoms with Gasteiger partial charge in [0.1, 0.15) is 0 Å². The molecule has 1 aliphatic rings. The number of esters is 1. The second kappa shape index (κ2) is 6.91. The molecule has 2 rings (SSSR count). The van der Waals surface area contributed by atoms with E-state index in [-0.39, 0.29) is 12.1 Å². The van der Waals surface area contributed by atoms with E-state index in [1.165, 1.54) is 7.11 Å². The molecule has 1 aromatic carbocycles. The van der Waals surface area contributed by atoms with Crippen LogP contribution in [0.1, 0.15) is 30.1 Å². The molecule has 0 spiro atoms. The number of nitrogens with one attached hydrogen (secondary N) is 1. The van der Waals surface area contributed by atoms with Crippen molar-refractivity contribution in [2.24, 2.45) is 0 Å². The summed E-state index contributed by atoms with van der Waals surface area (Å²) in [7, 11) is 1.39. The second-order valence-corrected chi connectivity index (χ2v) is 6.62. The minimum Gasteiger partial charge on any atom is -0.465 e. The first-order valence-electron chi connectivity index (χ1n) is 6.46. The number of benzene rings is 1. The minimum absolute atomic E-state index is 0.233. The molecule has 4 nitrogen and oxygen atoms in total. The maximum absolute atomic E-state index is 11.9. The van der Waals surface area contributed by atoms with E-state index in [1.807, 2.05) is 6.07 Å². The number of carbonyl (C=O) groups is 1. The molecule has 1 N–H and O–H groups in total. The molecule has 0 aromatic heterocycles. The predicted octanol–water partition coefficient (Wildman–Crippen LogP) is 3.98. The van der Waals surface area contributed by atoms with Gasteiger partial charge in [0.15, 0.2) is 0 Å². The van der Waals surface area contributed by atoms with E-state index in [0.717, 1.165) is 34.1 Å². The lowest BCUT2D eigenvalue weighted by atomic mass is 10.0. The molecule has 0 amide bonds. The molecule has 2 atom stereocenters. The van der Waals surface area contributed by atoms with Crippen molar-refractivity contribution in [2.75, 3.05) is 19.0 Å². The fourth-order valence-electron chi connectivity index (χ4n) is 2.32. The highest BCUT2D eigenvalue weighted by molar-refractivity contribution is 9.11. The molecule has 1 fully saturated rings. The first kappa shape index (κ1) is 15.8. The molecule has 0 aliphatic carbocycles. The molecule has 6 heteroatoms. The van der Waals surface area contributed by atoms with Crippen LogP contribution in [-0.4, -0.2) is 31.8 Å². The summed E-state index contributed by atoms with van der Waals surface area (Å²) in [5.74, 6) is -0.352. The van der Waals surface area contributed by atoms with Gasteiger partial charge in [-0.3, -0.25) is 0 Å². The van der Waals surface area contributed by atoms with Crippen molar-refractivity contribution in [1.29, 1.82) is 0 Å². The Morgan fingerprint density at radius 3 is 2.85 bits per heavy atom. The lowest BCUT2D eigenvalue weighted by Crippen LogP contribution is -2.33. The molecule has 2 unspecified atom stereocenters. The quantitative estimate of drug-likeness (QED) is 0.771. The highest BCUT2D eigenvalue weighted by Crippen LogP contribution is 2.33. The van der Waals surface area contributed by atoms with Crippen LogP contribution in [0.15, 0.2) is 21.1 Å². The van der Waals surface area contributed by atoms with Crippen LogP contribution in [0.5, 0.6) is 0 Å². The third-order valence-electron chi connectivity index (χ3n) is 3.29. The Labute approximate surface area is 135 Å². The molecule has 0 bridgehead atoms. The average molecular weight is 407 g/mol. The molecule has 0 radical (unpaired) electrons. The number of halogens is 2. The van der Waals surface area contributed by atoms with Crippen LogP contribution in [0.4, 0.5) is 5.69 Å². The zero-order valence-electron chi connectivity index (χ0n) is 11.4. The maximum Gasteiger partial charge on any atom is 0.340 e. The molecule has 1 saturated heterocycles. The van der Waals surface area contributed by atoms with Crippen molar-refractivity contribution < 1.29 is 14.3 Å². The van der Waals surface area contributed by atoms with Gasteiger partial charge >= 0.3 is 5.97 Å². The summed E-state index contributed by atoms with van der Waals surface area (Å²) >= 11 is 6.90. The Morgan fingerprint density at radius 1 is 1.45 bits per heavy atom. The van der Waals surface area contributed by atoms with Crippen LogP contribution >= 0.6 is 31.9 Å². The van der Waals surface area contributed by atoms with Crippen molar-refractivity contribution >= 4 is 43.5 Å². The Hall–Kier alpha value is -0.590. The first-order chi connectivity index (χ1) is 9.51. The van der Waals surface area contributed by atoms with Crippen LogP contribution in [-0.2, 0) is 9.47 Å². The topological polar surface area (TPSA) is 47.6 Å². The second-order valence-electron chi connectivity index (χ2n) is 4.85. The minimum atomic E-state index is -0.352. The monoisotopic (exact) mass is 405 g/mol.